The normalized spacial score (nSPS) is 33.2. The molecule has 2 atom stereocenters. The van der Waals surface area contributed by atoms with E-state index in [2.05, 4.69) is 5.32 Å². The number of hydrogen-bond acceptors (Lipinski definition) is 3. The van der Waals surface area contributed by atoms with Gasteiger partial charge in [0.1, 0.15) is 11.1 Å². The maximum absolute atomic E-state index is 12.7. The van der Waals surface area contributed by atoms with E-state index >= 15 is 0 Å². The van der Waals surface area contributed by atoms with Crippen molar-refractivity contribution in [3.05, 3.63) is 35.4 Å². The molecule has 0 spiro atoms. The van der Waals surface area contributed by atoms with Crippen molar-refractivity contribution in [3.63, 3.8) is 0 Å². The number of nitrogens with one attached hydrogen (secondary N) is 1. The van der Waals surface area contributed by atoms with Crippen LogP contribution in [0.3, 0.4) is 0 Å². The Hall–Kier alpha value is -1.40. The highest BCUT2D eigenvalue weighted by Gasteiger charge is 2.50. The molecule has 3 nitrogen and oxygen atoms in total. The molecule has 0 radical (unpaired) electrons. The number of halogens is 3. The molecule has 0 saturated heterocycles. The smallest absolute Gasteiger partial charge is 0.382 e. The summed E-state index contributed by atoms with van der Waals surface area (Å²) in [6, 6.07) is 3.77. The number of carbonyl (C=O) groups is 1. The van der Waals surface area contributed by atoms with E-state index in [-0.39, 0.29) is 18.4 Å². The van der Waals surface area contributed by atoms with Crippen LogP contribution in [-0.4, -0.2) is 23.5 Å². The number of ketones is 1. The molecular weight excluding hydrogens is 283 g/mol. The molecule has 0 heterocycles. The number of benzene rings is 1. The summed E-state index contributed by atoms with van der Waals surface area (Å²) in [5.74, 6) is -0.753. The van der Waals surface area contributed by atoms with E-state index in [1.54, 1.807) is 0 Å². The fourth-order valence-corrected chi connectivity index (χ4v) is 2.80. The first-order chi connectivity index (χ1) is 10.8. The molecule has 1 aliphatic rings. The lowest BCUT2D eigenvalue weighted by Crippen LogP contribution is -2.59. The van der Waals surface area contributed by atoms with Crippen LogP contribution in [0.1, 0.15) is 41.4 Å². The molecule has 1 aromatic rings. The molecule has 6 heteroatoms. The lowest BCUT2D eigenvalue weighted by molar-refractivity contribution is -0.148. The minimum absolute atomic E-state index is 0.0751. The van der Waals surface area contributed by atoms with Crippen LogP contribution in [-0.2, 0) is 16.5 Å². The summed E-state index contributed by atoms with van der Waals surface area (Å²) in [6.07, 6.45) is -3.95. The fraction of sp³-hybridized carbons (Fsp3) is 0.533. The van der Waals surface area contributed by atoms with Gasteiger partial charge in [-0.25, -0.2) is 0 Å². The van der Waals surface area contributed by atoms with Gasteiger partial charge in [-0.05, 0) is 50.9 Å². The van der Waals surface area contributed by atoms with Crippen molar-refractivity contribution < 1.29 is 27.2 Å². The lowest BCUT2D eigenvalue weighted by atomic mass is 9.69. The monoisotopic (exact) mass is 304 g/mol. The average molecular weight is 304 g/mol. The second-order valence-corrected chi connectivity index (χ2v) is 5.56. The maximum Gasteiger partial charge on any atom is 0.416 e. The Labute approximate surface area is 125 Å². The zero-order valence-electron chi connectivity index (χ0n) is 14.4. The molecule has 21 heavy (non-hydrogen) atoms. The quantitative estimate of drug-likeness (QED) is 0.883. The fourth-order valence-electron chi connectivity index (χ4n) is 2.80. The highest BCUT2D eigenvalue weighted by molar-refractivity contribution is 5.96. The Kier molecular flexibility index (Phi) is 2.96. The molecule has 0 bridgehead atoms. The number of rotatable bonds is 2. The summed E-state index contributed by atoms with van der Waals surface area (Å²) in [4.78, 5) is 12.7. The summed E-state index contributed by atoms with van der Waals surface area (Å²) in [7, 11) is 0. The third-order valence-corrected chi connectivity index (χ3v) is 4.01. The van der Waals surface area contributed by atoms with Crippen LogP contribution >= 0.6 is 0 Å². The summed E-state index contributed by atoms with van der Waals surface area (Å²) in [6.45, 7) is -1.42. The zero-order valence-corrected chi connectivity index (χ0v) is 11.4. The van der Waals surface area contributed by atoms with Crippen molar-refractivity contribution in [3.8, 4) is 0 Å². The molecule has 2 rings (SSSR count). The molecule has 1 aromatic carbocycles. The molecule has 1 saturated carbocycles. The van der Waals surface area contributed by atoms with Gasteiger partial charge in [0.15, 0.2) is 5.78 Å². The van der Waals surface area contributed by atoms with Crippen LogP contribution in [0.4, 0.5) is 13.2 Å². The van der Waals surface area contributed by atoms with Gasteiger partial charge in [-0.1, -0.05) is 12.1 Å². The molecule has 1 aliphatic carbocycles. The van der Waals surface area contributed by atoms with Gasteiger partial charge in [0.25, 0.3) is 0 Å². The molecule has 1 fully saturated rings. The molecule has 0 unspecified atom stereocenters. The average Bonchev–Trinajstić information content (AvgIpc) is 2.42. The van der Waals surface area contributed by atoms with Crippen LogP contribution in [0.25, 0.3) is 0 Å². The number of hydrogen-bond donors (Lipinski definition) is 2. The van der Waals surface area contributed by atoms with E-state index < -0.39 is 35.6 Å². The third kappa shape index (κ3) is 2.70. The van der Waals surface area contributed by atoms with Crippen molar-refractivity contribution >= 4 is 5.78 Å². The van der Waals surface area contributed by atoms with E-state index in [9.17, 15) is 23.1 Å². The van der Waals surface area contributed by atoms with E-state index in [1.807, 2.05) is 0 Å². The minimum atomic E-state index is -4.54. The summed E-state index contributed by atoms with van der Waals surface area (Å²) in [5.41, 5.74) is -4.31. The van der Waals surface area contributed by atoms with E-state index in [0.717, 1.165) is 24.3 Å². The summed E-state index contributed by atoms with van der Waals surface area (Å²) >= 11 is 0. The van der Waals surface area contributed by atoms with Gasteiger partial charge in [-0.2, -0.15) is 13.2 Å². The summed E-state index contributed by atoms with van der Waals surface area (Å²) < 4.78 is 60.4. The standard InChI is InChI=1S/C15H18F3NO2/c1-13(21)8-3-9-14(19-2,12(13)20)10-4-6-11(7-5-10)15(16,17)18/h4-7,19,21H,3,8-9H2,1-2H3/t13-,14+/m0/s1/i2D3. The molecule has 2 N–H and O–H groups in total. The third-order valence-electron chi connectivity index (χ3n) is 4.01. The largest absolute Gasteiger partial charge is 0.416 e. The molecule has 0 aromatic heterocycles. The maximum atomic E-state index is 12.7. The topological polar surface area (TPSA) is 49.3 Å². The van der Waals surface area contributed by atoms with E-state index in [0.29, 0.717) is 6.42 Å². The highest BCUT2D eigenvalue weighted by atomic mass is 19.4. The number of Topliss-reactive ketones (excluding diaryl/α,β-unsaturated/α-hetero) is 1. The number of alkyl halides is 3. The van der Waals surface area contributed by atoms with E-state index in [4.69, 9.17) is 4.11 Å². The predicted molar refractivity (Wildman–Crippen MR) is 71.7 cm³/mol. The van der Waals surface area contributed by atoms with Gasteiger partial charge in [-0.3, -0.25) is 4.79 Å². The summed E-state index contributed by atoms with van der Waals surface area (Å²) in [5, 5.41) is 12.5. The Balaban J connectivity index is 2.53. The first kappa shape index (κ1) is 12.2. The van der Waals surface area contributed by atoms with Crippen molar-refractivity contribution in [2.45, 2.75) is 43.5 Å². The molecule has 116 valence electrons. The lowest BCUT2D eigenvalue weighted by Gasteiger charge is -2.42. The van der Waals surface area contributed by atoms with Gasteiger partial charge in [0, 0.05) is 4.11 Å². The van der Waals surface area contributed by atoms with Crippen molar-refractivity contribution in [2.24, 2.45) is 0 Å². The van der Waals surface area contributed by atoms with Crippen LogP contribution in [0.2, 0.25) is 0 Å². The predicted octanol–water partition coefficient (Wildman–Crippen LogP) is 2.62. The second-order valence-electron chi connectivity index (χ2n) is 5.56. The van der Waals surface area contributed by atoms with Crippen LogP contribution < -0.4 is 5.32 Å². The number of carbonyl (C=O) groups excluding carboxylic acids is 1. The van der Waals surface area contributed by atoms with Gasteiger partial charge < -0.3 is 10.4 Å². The number of aliphatic hydroxyl groups is 1. The molecule has 0 amide bonds. The Bertz CT molecular complexity index is 626. The van der Waals surface area contributed by atoms with Gasteiger partial charge >= 0.3 is 6.18 Å². The minimum Gasteiger partial charge on any atom is -0.382 e. The van der Waals surface area contributed by atoms with E-state index in [1.165, 1.54) is 6.92 Å². The van der Waals surface area contributed by atoms with Crippen molar-refractivity contribution in [1.29, 1.82) is 0 Å². The number of likely N-dealkylation sites (N-methyl/N-ethyl adjacent to an activating group) is 1. The Morgan fingerprint density at radius 1 is 1.29 bits per heavy atom. The Morgan fingerprint density at radius 3 is 2.43 bits per heavy atom. The highest BCUT2D eigenvalue weighted by Crippen LogP contribution is 2.39. The van der Waals surface area contributed by atoms with Crippen LogP contribution in [0, 0.1) is 0 Å². The van der Waals surface area contributed by atoms with Crippen LogP contribution in [0.5, 0.6) is 0 Å². The SMILES string of the molecule is [2H]C([2H])([2H])N[C@@]1(c2ccc(C(F)(F)F)cc2)CCC[C@](C)(O)C1=O. The van der Waals surface area contributed by atoms with Gasteiger partial charge in [-0.15, -0.1) is 0 Å². The zero-order chi connectivity index (χ0) is 18.4. The van der Waals surface area contributed by atoms with Gasteiger partial charge in [0.2, 0.25) is 0 Å². The molecule has 0 aliphatic heterocycles. The first-order valence-electron chi connectivity index (χ1n) is 8.02. The molecular formula is C15H18F3NO2. The first-order valence-corrected chi connectivity index (χ1v) is 6.52. The van der Waals surface area contributed by atoms with Crippen molar-refractivity contribution in [1.82, 2.24) is 5.32 Å². The van der Waals surface area contributed by atoms with Crippen LogP contribution in [0.15, 0.2) is 24.3 Å². The van der Waals surface area contributed by atoms with Crippen molar-refractivity contribution in [2.75, 3.05) is 6.98 Å². The van der Waals surface area contributed by atoms with Gasteiger partial charge in [0.05, 0.1) is 5.56 Å². The second kappa shape index (κ2) is 5.10. The Morgan fingerprint density at radius 2 is 1.90 bits per heavy atom.